The molecule has 0 bridgehead atoms. The summed E-state index contributed by atoms with van der Waals surface area (Å²) in [6, 6.07) is 4.08. The first-order valence-electron chi connectivity index (χ1n) is 6.57. The van der Waals surface area contributed by atoms with Crippen LogP contribution in [0.3, 0.4) is 0 Å². The number of fused-ring (bicyclic) bond motifs is 1. The molecule has 1 aromatic heterocycles. The summed E-state index contributed by atoms with van der Waals surface area (Å²) in [5.41, 5.74) is 0.831. The predicted molar refractivity (Wildman–Crippen MR) is 81.5 cm³/mol. The van der Waals surface area contributed by atoms with E-state index < -0.39 is 15.9 Å². The highest BCUT2D eigenvalue weighted by Gasteiger charge is 2.39. The number of amides is 1. The largest absolute Gasteiger partial charge is 0.340 e. The van der Waals surface area contributed by atoms with Crippen molar-refractivity contribution in [2.75, 3.05) is 12.8 Å². The smallest absolute Gasteiger partial charge is 0.274 e. The van der Waals surface area contributed by atoms with Gasteiger partial charge in [0.25, 0.3) is 5.91 Å². The van der Waals surface area contributed by atoms with E-state index in [4.69, 9.17) is 11.6 Å². The first kappa shape index (κ1) is 15.1. The standard InChI is InChI=1S/C14H14ClN3O3S/c1-17-6-11(16-8-17)14(19)18(2)12-7-22(20,21)13-4-3-9(15)5-10(12)13/h3-6,8,12H,7H2,1-2H3/t12-/m1/s1. The van der Waals surface area contributed by atoms with Gasteiger partial charge in [0.1, 0.15) is 5.69 Å². The number of aromatic nitrogens is 2. The first-order valence-corrected chi connectivity index (χ1v) is 8.60. The van der Waals surface area contributed by atoms with Crippen molar-refractivity contribution in [3.05, 3.63) is 47.0 Å². The second-order valence-electron chi connectivity index (χ2n) is 5.32. The second kappa shape index (κ2) is 5.10. The van der Waals surface area contributed by atoms with Crippen LogP contribution >= 0.6 is 11.6 Å². The number of carbonyl (C=O) groups excluding carboxylic acids is 1. The van der Waals surface area contributed by atoms with Gasteiger partial charge < -0.3 is 9.47 Å². The molecule has 2 aromatic rings. The number of halogens is 1. The number of nitrogens with zero attached hydrogens (tertiary/aromatic N) is 3. The summed E-state index contributed by atoms with van der Waals surface area (Å²) < 4.78 is 26.1. The van der Waals surface area contributed by atoms with E-state index in [0.29, 0.717) is 10.6 Å². The number of benzene rings is 1. The van der Waals surface area contributed by atoms with E-state index in [1.54, 1.807) is 37.0 Å². The Labute approximate surface area is 133 Å². The van der Waals surface area contributed by atoms with Crippen molar-refractivity contribution in [3.8, 4) is 0 Å². The van der Waals surface area contributed by atoms with Crippen molar-refractivity contribution < 1.29 is 13.2 Å². The average molecular weight is 340 g/mol. The number of hydrogen-bond acceptors (Lipinski definition) is 4. The van der Waals surface area contributed by atoms with Crippen LogP contribution in [0.4, 0.5) is 0 Å². The molecule has 0 unspecified atom stereocenters. The summed E-state index contributed by atoms with van der Waals surface area (Å²) in [6.07, 6.45) is 3.12. The van der Waals surface area contributed by atoms with Crippen LogP contribution in [0.15, 0.2) is 35.6 Å². The monoisotopic (exact) mass is 339 g/mol. The van der Waals surface area contributed by atoms with Gasteiger partial charge >= 0.3 is 0 Å². The van der Waals surface area contributed by atoms with Gasteiger partial charge in [-0.05, 0) is 23.8 Å². The van der Waals surface area contributed by atoms with Crippen LogP contribution in [-0.4, -0.2) is 41.6 Å². The Morgan fingerprint density at radius 1 is 1.45 bits per heavy atom. The lowest BCUT2D eigenvalue weighted by molar-refractivity contribution is 0.0740. The fourth-order valence-electron chi connectivity index (χ4n) is 2.62. The molecular weight excluding hydrogens is 326 g/mol. The topological polar surface area (TPSA) is 72.3 Å². The van der Waals surface area contributed by atoms with Gasteiger partial charge in [-0.3, -0.25) is 4.79 Å². The van der Waals surface area contributed by atoms with Gasteiger partial charge in [0, 0.05) is 25.3 Å². The van der Waals surface area contributed by atoms with Crippen molar-refractivity contribution in [1.29, 1.82) is 0 Å². The van der Waals surface area contributed by atoms with Gasteiger partial charge in [-0.15, -0.1) is 0 Å². The van der Waals surface area contributed by atoms with Crippen LogP contribution in [0.25, 0.3) is 0 Å². The predicted octanol–water partition coefficient (Wildman–Crippen LogP) is 1.67. The molecule has 0 N–H and O–H groups in total. The van der Waals surface area contributed by atoms with E-state index in [-0.39, 0.29) is 22.2 Å². The molecule has 0 saturated heterocycles. The van der Waals surface area contributed by atoms with E-state index in [9.17, 15) is 13.2 Å². The molecule has 0 spiro atoms. The molecule has 1 atom stereocenters. The summed E-state index contributed by atoms with van der Waals surface area (Å²) in [4.78, 5) is 18.1. The Hall–Kier alpha value is -1.86. The molecule has 1 amide bonds. The molecule has 22 heavy (non-hydrogen) atoms. The Morgan fingerprint density at radius 2 is 2.18 bits per heavy atom. The van der Waals surface area contributed by atoms with Crippen molar-refractivity contribution in [3.63, 3.8) is 0 Å². The minimum Gasteiger partial charge on any atom is -0.340 e. The molecule has 0 saturated carbocycles. The molecule has 2 heterocycles. The number of hydrogen-bond donors (Lipinski definition) is 0. The Kier molecular flexibility index (Phi) is 3.49. The maximum atomic E-state index is 12.5. The van der Waals surface area contributed by atoms with E-state index in [1.807, 2.05) is 0 Å². The summed E-state index contributed by atoms with van der Waals surface area (Å²) in [7, 11) is -0.0658. The van der Waals surface area contributed by atoms with Gasteiger partial charge in [-0.25, -0.2) is 13.4 Å². The normalized spacial score (nSPS) is 19.0. The van der Waals surface area contributed by atoms with E-state index in [2.05, 4.69) is 4.98 Å². The lowest BCUT2D eigenvalue weighted by Gasteiger charge is -2.23. The van der Waals surface area contributed by atoms with E-state index in [1.165, 1.54) is 17.3 Å². The Bertz CT molecular complexity index is 860. The molecule has 1 aliphatic heterocycles. The summed E-state index contributed by atoms with van der Waals surface area (Å²) >= 11 is 5.97. The van der Waals surface area contributed by atoms with Crippen LogP contribution in [0, 0.1) is 0 Å². The molecule has 0 aliphatic carbocycles. The average Bonchev–Trinajstić information content (AvgIpc) is 2.99. The van der Waals surface area contributed by atoms with Crippen LogP contribution in [-0.2, 0) is 16.9 Å². The molecule has 0 radical (unpaired) electrons. The highest BCUT2D eigenvalue weighted by molar-refractivity contribution is 7.91. The number of rotatable bonds is 2. The highest BCUT2D eigenvalue weighted by Crippen LogP contribution is 2.38. The third-order valence-corrected chi connectivity index (χ3v) is 5.79. The van der Waals surface area contributed by atoms with E-state index in [0.717, 1.165) is 0 Å². The van der Waals surface area contributed by atoms with Gasteiger partial charge in [0.05, 0.1) is 23.0 Å². The fourth-order valence-corrected chi connectivity index (χ4v) is 4.62. The molecule has 1 aliphatic rings. The van der Waals surface area contributed by atoms with Crippen molar-refractivity contribution >= 4 is 27.3 Å². The lowest BCUT2D eigenvalue weighted by atomic mass is 10.1. The molecular formula is C14H14ClN3O3S. The summed E-state index contributed by atoms with van der Waals surface area (Å²) in [5, 5.41) is 0.444. The number of imidazole rings is 1. The molecule has 1 aromatic carbocycles. The summed E-state index contributed by atoms with van der Waals surface area (Å²) in [6.45, 7) is 0. The second-order valence-corrected chi connectivity index (χ2v) is 7.76. The minimum atomic E-state index is -3.41. The zero-order valence-corrected chi connectivity index (χ0v) is 13.6. The number of aryl methyl sites for hydroxylation is 1. The maximum absolute atomic E-state index is 12.5. The van der Waals surface area contributed by atoms with Crippen LogP contribution in [0.2, 0.25) is 5.02 Å². The van der Waals surface area contributed by atoms with Gasteiger partial charge in [-0.1, -0.05) is 11.6 Å². The summed E-state index contributed by atoms with van der Waals surface area (Å²) in [5.74, 6) is -0.466. The zero-order chi connectivity index (χ0) is 16.1. The first-order chi connectivity index (χ1) is 10.3. The van der Waals surface area contributed by atoms with Crippen molar-refractivity contribution in [1.82, 2.24) is 14.5 Å². The van der Waals surface area contributed by atoms with Crippen LogP contribution in [0.1, 0.15) is 22.1 Å². The molecule has 3 rings (SSSR count). The number of sulfone groups is 1. The van der Waals surface area contributed by atoms with Crippen LogP contribution in [0.5, 0.6) is 0 Å². The molecule has 0 fully saturated rings. The van der Waals surface area contributed by atoms with E-state index >= 15 is 0 Å². The Morgan fingerprint density at radius 3 is 2.82 bits per heavy atom. The maximum Gasteiger partial charge on any atom is 0.274 e. The van der Waals surface area contributed by atoms with Gasteiger partial charge in [0.15, 0.2) is 9.84 Å². The van der Waals surface area contributed by atoms with Crippen molar-refractivity contribution in [2.45, 2.75) is 10.9 Å². The molecule has 116 valence electrons. The Balaban J connectivity index is 2.00. The SMILES string of the molecule is CN(C(=O)c1cn(C)cn1)[C@@H]1CS(=O)(=O)c2ccc(Cl)cc21. The fraction of sp³-hybridized carbons (Fsp3) is 0.286. The molecule has 8 heteroatoms. The highest BCUT2D eigenvalue weighted by atomic mass is 35.5. The van der Waals surface area contributed by atoms with Gasteiger partial charge in [-0.2, -0.15) is 0 Å². The molecule has 6 nitrogen and oxygen atoms in total. The zero-order valence-electron chi connectivity index (χ0n) is 12.0. The van der Waals surface area contributed by atoms with Crippen molar-refractivity contribution in [2.24, 2.45) is 7.05 Å². The number of carbonyl (C=O) groups is 1. The van der Waals surface area contributed by atoms with Gasteiger partial charge in [0.2, 0.25) is 0 Å². The third-order valence-electron chi connectivity index (χ3n) is 3.76. The van der Waals surface area contributed by atoms with Crippen LogP contribution < -0.4 is 0 Å². The lowest BCUT2D eigenvalue weighted by Crippen LogP contribution is -2.32. The third kappa shape index (κ3) is 2.40. The minimum absolute atomic E-state index is 0.141. The quantitative estimate of drug-likeness (QED) is 0.834.